The topological polar surface area (TPSA) is 55.5 Å². The van der Waals surface area contributed by atoms with Gasteiger partial charge in [-0.05, 0) is 42.0 Å². The van der Waals surface area contributed by atoms with Crippen LogP contribution in [0.1, 0.15) is 5.56 Å². The number of methoxy groups -OCH3 is 1. The molecule has 0 aliphatic carbocycles. The van der Waals surface area contributed by atoms with Gasteiger partial charge in [0.05, 0.1) is 12.7 Å². The lowest BCUT2D eigenvalue weighted by molar-refractivity contribution is -0.137. The van der Waals surface area contributed by atoms with Crippen molar-refractivity contribution in [3.05, 3.63) is 66.0 Å². The Kier molecular flexibility index (Phi) is 4.41. The number of fused-ring (bicyclic) bond motifs is 1. The highest BCUT2D eigenvalue weighted by molar-refractivity contribution is 5.79. The Balaban J connectivity index is 1.79. The molecule has 0 spiro atoms. The number of hydrogen-bond donors (Lipinski definition) is 1. The van der Waals surface area contributed by atoms with Crippen LogP contribution in [0.15, 0.2) is 59.0 Å². The number of aromatic hydroxyl groups is 1. The molecule has 1 N–H and O–H groups in total. The SMILES string of the molecule is COc1cc(F)c(O)cc1-c1cccc(-c2nc3cc(C(F)(F)F)ccc3o2)c1. The van der Waals surface area contributed by atoms with E-state index in [4.69, 9.17) is 9.15 Å². The lowest BCUT2D eigenvalue weighted by Gasteiger charge is -2.10. The Labute approximate surface area is 162 Å². The second-order valence-electron chi connectivity index (χ2n) is 6.28. The van der Waals surface area contributed by atoms with Crippen molar-refractivity contribution in [3.63, 3.8) is 0 Å². The maximum absolute atomic E-state index is 13.6. The molecule has 1 heterocycles. The highest BCUT2D eigenvalue weighted by Gasteiger charge is 2.31. The fraction of sp³-hybridized carbons (Fsp3) is 0.0952. The summed E-state index contributed by atoms with van der Waals surface area (Å²) in [6.45, 7) is 0. The summed E-state index contributed by atoms with van der Waals surface area (Å²) in [5.74, 6) is -1.01. The first-order chi connectivity index (χ1) is 13.8. The molecular weight excluding hydrogens is 390 g/mol. The van der Waals surface area contributed by atoms with Gasteiger partial charge in [0.1, 0.15) is 11.3 Å². The van der Waals surface area contributed by atoms with Crippen LogP contribution in [0.3, 0.4) is 0 Å². The number of hydrogen-bond acceptors (Lipinski definition) is 4. The lowest BCUT2D eigenvalue weighted by Crippen LogP contribution is -2.03. The maximum atomic E-state index is 13.6. The summed E-state index contributed by atoms with van der Waals surface area (Å²) in [7, 11) is 1.37. The van der Waals surface area contributed by atoms with Crippen molar-refractivity contribution in [2.75, 3.05) is 7.11 Å². The molecule has 0 saturated carbocycles. The number of ether oxygens (including phenoxy) is 1. The molecular formula is C21H13F4NO3. The van der Waals surface area contributed by atoms with E-state index in [1.165, 1.54) is 19.2 Å². The quantitative estimate of drug-likeness (QED) is 0.424. The number of oxazole rings is 1. The van der Waals surface area contributed by atoms with Gasteiger partial charge < -0.3 is 14.3 Å². The van der Waals surface area contributed by atoms with Crippen LogP contribution < -0.4 is 4.74 Å². The Morgan fingerprint density at radius 1 is 1.00 bits per heavy atom. The van der Waals surface area contributed by atoms with Crippen molar-refractivity contribution >= 4 is 11.1 Å². The predicted octanol–water partition coefficient (Wildman–Crippen LogP) is 6.03. The Hall–Kier alpha value is -3.55. The summed E-state index contributed by atoms with van der Waals surface area (Å²) >= 11 is 0. The smallest absolute Gasteiger partial charge is 0.416 e. The predicted molar refractivity (Wildman–Crippen MR) is 98.1 cm³/mol. The molecule has 4 rings (SSSR count). The minimum absolute atomic E-state index is 0.0808. The number of phenols is 1. The molecule has 0 atom stereocenters. The van der Waals surface area contributed by atoms with E-state index in [9.17, 15) is 22.7 Å². The zero-order valence-corrected chi connectivity index (χ0v) is 14.9. The summed E-state index contributed by atoms with van der Waals surface area (Å²) in [5.41, 5.74) is 0.993. The molecule has 4 aromatic rings. The molecule has 0 fully saturated rings. The summed E-state index contributed by atoms with van der Waals surface area (Å²) in [4.78, 5) is 4.16. The van der Waals surface area contributed by atoms with Crippen LogP contribution in [-0.2, 0) is 6.18 Å². The van der Waals surface area contributed by atoms with Gasteiger partial charge in [0.15, 0.2) is 17.1 Å². The van der Waals surface area contributed by atoms with Crippen molar-refractivity contribution in [2.24, 2.45) is 0 Å². The van der Waals surface area contributed by atoms with Crippen LogP contribution in [-0.4, -0.2) is 17.2 Å². The van der Waals surface area contributed by atoms with Crippen molar-refractivity contribution in [1.29, 1.82) is 0 Å². The number of aromatic nitrogens is 1. The molecule has 8 heteroatoms. The van der Waals surface area contributed by atoms with Crippen LogP contribution in [0.25, 0.3) is 33.7 Å². The van der Waals surface area contributed by atoms with Crippen LogP contribution in [0, 0.1) is 5.82 Å². The molecule has 1 aromatic heterocycles. The zero-order valence-electron chi connectivity index (χ0n) is 14.9. The normalized spacial score (nSPS) is 11.8. The van der Waals surface area contributed by atoms with E-state index in [2.05, 4.69) is 4.98 Å². The number of halogens is 4. The maximum Gasteiger partial charge on any atom is 0.416 e. The van der Waals surface area contributed by atoms with E-state index >= 15 is 0 Å². The highest BCUT2D eigenvalue weighted by Crippen LogP contribution is 2.37. The van der Waals surface area contributed by atoms with Gasteiger partial charge in [0.2, 0.25) is 5.89 Å². The number of benzene rings is 3. The van der Waals surface area contributed by atoms with E-state index < -0.39 is 23.3 Å². The van der Waals surface area contributed by atoms with Crippen LogP contribution in [0.4, 0.5) is 17.6 Å². The van der Waals surface area contributed by atoms with Gasteiger partial charge >= 0.3 is 6.18 Å². The largest absolute Gasteiger partial charge is 0.505 e. The van der Waals surface area contributed by atoms with E-state index in [-0.39, 0.29) is 22.7 Å². The molecule has 0 aliphatic heterocycles. The van der Waals surface area contributed by atoms with Gasteiger partial charge in [-0.15, -0.1) is 0 Å². The molecule has 0 saturated heterocycles. The van der Waals surface area contributed by atoms with Crippen LogP contribution >= 0.6 is 0 Å². The Bertz CT molecular complexity index is 1210. The first-order valence-electron chi connectivity index (χ1n) is 8.41. The van der Waals surface area contributed by atoms with Gasteiger partial charge in [0, 0.05) is 17.2 Å². The minimum Gasteiger partial charge on any atom is -0.505 e. The zero-order chi connectivity index (χ0) is 20.8. The molecule has 0 unspecified atom stereocenters. The van der Waals surface area contributed by atoms with E-state index in [0.717, 1.165) is 18.2 Å². The summed E-state index contributed by atoms with van der Waals surface area (Å²) < 4.78 is 63.1. The standard InChI is InChI=1S/C21H13F4NO3/c1-28-19-10-15(22)17(27)9-14(19)11-3-2-4-12(7-11)20-26-16-8-13(21(23,24)25)5-6-18(16)29-20/h2-10,27H,1H3. The number of alkyl halides is 3. The average molecular weight is 403 g/mol. The monoisotopic (exact) mass is 403 g/mol. The third kappa shape index (κ3) is 3.49. The lowest BCUT2D eigenvalue weighted by atomic mass is 10.0. The Morgan fingerprint density at radius 2 is 1.76 bits per heavy atom. The van der Waals surface area contributed by atoms with Crippen molar-refractivity contribution in [3.8, 4) is 34.1 Å². The van der Waals surface area contributed by atoms with E-state index in [1.807, 2.05) is 0 Å². The van der Waals surface area contributed by atoms with E-state index in [0.29, 0.717) is 16.7 Å². The molecule has 29 heavy (non-hydrogen) atoms. The molecule has 3 aromatic carbocycles. The first-order valence-corrected chi connectivity index (χ1v) is 8.41. The van der Waals surface area contributed by atoms with E-state index in [1.54, 1.807) is 24.3 Å². The summed E-state index contributed by atoms with van der Waals surface area (Å²) in [6.07, 6.45) is -4.48. The van der Waals surface area contributed by atoms with Crippen molar-refractivity contribution < 1.29 is 31.8 Å². The van der Waals surface area contributed by atoms with Crippen molar-refractivity contribution in [1.82, 2.24) is 4.98 Å². The van der Waals surface area contributed by atoms with Gasteiger partial charge in [0.25, 0.3) is 0 Å². The fourth-order valence-electron chi connectivity index (χ4n) is 2.99. The fourth-order valence-corrected chi connectivity index (χ4v) is 2.99. The average Bonchev–Trinajstić information content (AvgIpc) is 3.12. The Morgan fingerprint density at radius 3 is 2.48 bits per heavy atom. The van der Waals surface area contributed by atoms with Crippen LogP contribution in [0.5, 0.6) is 11.5 Å². The van der Waals surface area contributed by atoms with Crippen molar-refractivity contribution in [2.45, 2.75) is 6.18 Å². The minimum atomic E-state index is -4.48. The number of nitrogens with zero attached hydrogens (tertiary/aromatic N) is 1. The second kappa shape index (κ2) is 6.80. The first kappa shape index (κ1) is 18.8. The van der Waals surface area contributed by atoms with Gasteiger partial charge in [-0.1, -0.05) is 12.1 Å². The summed E-state index contributed by atoms with van der Waals surface area (Å²) in [6, 6.07) is 12.1. The second-order valence-corrected chi connectivity index (χ2v) is 6.28. The van der Waals surface area contributed by atoms with Gasteiger partial charge in [-0.3, -0.25) is 0 Å². The number of phenolic OH excluding ortho intramolecular Hbond substituents is 1. The molecule has 4 nitrogen and oxygen atoms in total. The number of rotatable bonds is 3. The molecule has 0 amide bonds. The third-order valence-corrected chi connectivity index (χ3v) is 4.40. The molecule has 148 valence electrons. The van der Waals surface area contributed by atoms with Crippen LogP contribution in [0.2, 0.25) is 0 Å². The van der Waals surface area contributed by atoms with Gasteiger partial charge in [-0.25, -0.2) is 9.37 Å². The molecule has 0 aliphatic rings. The summed E-state index contributed by atoms with van der Waals surface area (Å²) in [5, 5.41) is 9.70. The van der Waals surface area contributed by atoms with Gasteiger partial charge in [-0.2, -0.15) is 13.2 Å². The molecule has 0 radical (unpaired) electrons. The third-order valence-electron chi connectivity index (χ3n) is 4.40. The molecule has 0 bridgehead atoms. The highest BCUT2D eigenvalue weighted by atomic mass is 19.4.